The largest absolute Gasteiger partial charge is 0.484 e. The molecule has 0 fully saturated rings. The van der Waals surface area contributed by atoms with Crippen LogP contribution in [0.25, 0.3) is 0 Å². The molecule has 0 spiro atoms. The molecule has 6 heteroatoms. The highest BCUT2D eigenvalue weighted by molar-refractivity contribution is 6.30. The Hall–Kier alpha value is -2.53. The normalized spacial score (nSPS) is 12.2. The van der Waals surface area contributed by atoms with Gasteiger partial charge < -0.3 is 15.0 Å². The molecule has 0 bridgehead atoms. The van der Waals surface area contributed by atoms with E-state index >= 15 is 0 Å². The molecule has 1 atom stereocenters. The van der Waals surface area contributed by atoms with Crippen LogP contribution in [-0.4, -0.2) is 34.9 Å². The zero-order valence-corrected chi connectivity index (χ0v) is 19.1. The van der Waals surface area contributed by atoms with Gasteiger partial charge in [-0.05, 0) is 69.5 Å². The smallest absolute Gasteiger partial charge is 0.261 e. The number of nitrogens with zero attached hydrogens (tertiary/aromatic N) is 1. The van der Waals surface area contributed by atoms with Crippen molar-refractivity contribution in [3.05, 3.63) is 64.7 Å². The van der Waals surface area contributed by atoms with Gasteiger partial charge in [0.05, 0.1) is 0 Å². The first-order chi connectivity index (χ1) is 14.1. The standard InChI is InChI=1S/C24H31ClN2O3/c1-6-21(23(29)26-24(3,4)5)27(15-18-10-12-19(25)13-11-18)22(28)16-30-20-9-7-8-17(2)14-20/h7-14,21H,6,15-16H2,1-5H3,(H,26,29)/t21-/m1/s1. The number of aryl methyl sites for hydroxylation is 1. The molecule has 5 nitrogen and oxygen atoms in total. The average molecular weight is 431 g/mol. The lowest BCUT2D eigenvalue weighted by Gasteiger charge is -2.33. The minimum atomic E-state index is -0.603. The van der Waals surface area contributed by atoms with Crippen LogP contribution in [0.15, 0.2) is 48.5 Å². The first kappa shape index (κ1) is 23.7. The Kier molecular flexibility index (Phi) is 8.30. The minimum absolute atomic E-state index is 0.143. The lowest BCUT2D eigenvalue weighted by molar-refractivity contribution is -0.143. The fraction of sp³-hybridized carbons (Fsp3) is 0.417. The molecule has 0 aliphatic rings. The van der Waals surface area contributed by atoms with Crippen molar-refractivity contribution < 1.29 is 14.3 Å². The van der Waals surface area contributed by atoms with Crippen LogP contribution in [0.2, 0.25) is 5.02 Å². The van der Waals surface area contributed by atoms with E-state index in [9.17, 15) is 9.59 Å². The zero-order chi connectivity index (χ0) is 22.3. The number of hydrogen-bond donors (Lipinski definition) is 1. The van der Waals surface area contributed by atoms with E-state index in [4.69, 9.17) is 16.3 Å². The SMILES string of the molecule is CC[C@H](C(=O)NC(C)(C)C)N(Cc1ccc(Cl)cc1)C(=O)COc1cccc(C)c1. The molecule has 1 N–H and O–H groups in total. The summed E-state index contributed by atoms with van der Waals surface area (Å²) < 4.78 is 5.72. The Morgan fingerprint density at radius 1 is 1.13 bits per heavy atom. The summed E-state index contributed by atoms with van der Waals surface area (Å²) in [6.45, 7) is 9.78. The third kappa shape index (κ3) is 7.38. The maximum absolute atomic E-state index is 13.1. The Bertz CT molecular complexity index is 859. The number of nitrogens with one attached hydrogen (secondary N) is 1. The fourth-order valence-electron chi connectivity index (χ4n) is 3.09. The van der Waals surface area contributed by atoms with E-state index in [1.165, 1.54) is 0 Å². The summed E-state index contributed by atoms with van der Waals surface area (Å²) in [5.74, 6) is 0.201. The number of carbonyl (C=O) groups excluding carboxylic acids is 2. The van der Waals surface area contributed by atoms with Crippen LogP contribution in [-0.2, 0) is 16.1 Å². The molecule has 2 rings (SSSR count). The van der Waals surface area contributed by atoms with Gasteiger partial charge >= 0.3 is 0 Å². The zero-order valence-electron chi connectivity index (χ0n) is 18.4. The summed E-state index contributed by atoms with van der Waals surface area (Å²) in [5.41, 5.74) is 1.55. The van der Waals surface area contributed by atoms with E-state index in [0.29, 0.717) is 23.7 Å². The molecular formula is C24H31ClN2O3. The first-order valence-electron chi connectivity index (χ1n) is 10.1. The molecule has 30 heavy (non-hydrogen) atoms. The molecule has 2 amide bonds. The second-order valence-electron chi connectivity index (χ2n) is 8.42. The lowest BCUT2D eigenvalue weighted by Crippen LogP contribution is -2.54. The maximum atomic E-state index is 13.1. The summed E-state index contributed by atoms with van der Waals surface area (Å²) in [4.78, 5) is 27.7. The van der Waals surface area contributed by atoms with E-state index in [2.05, 4.69) is 5.32 Å². The van der Waals surface area contributed by atoms with Crippen molar-refractivity contribution in [3.8, 4) is 5.75 Å². The first-order valence-corrected chi connectivity index (χ1v) is 10.5. The van der Waals surface area contributed by atoms with Crippen LogP contribution < -0.4 is 10.1 Å². The van der Waals surface area contributed by atoms with Crippen molar-refractivity contribution in [3.63, 3.8) is 0 Å². The number of benzene rings is 2. The third-order valence-electron chi connectivity index (χ3n) is 4.50. The molecule has 0 heterocycles. The fourth-order valence-corrected chi connectivity index (χ4v) is 3.22. The lowest BCUT2D eigenvalue weighted by atomic mass is 10.1. The molecule has 0 aromatic heterocycles. The van der Waals surface area contributed by atoms with Gasteiger partial charge in [0.25, 0.3) is 5.91 Å². The van der Waals surface area contributed by atoms with Gasteiger partial charge in [0, 0.05) is 17.1 Å². The molecule has 2 aromatic carbocycles. The van der Waals surface area contributed by atoms with Crippen LogP contribution in [0, 0.1) is 6.92 Å². The second-order valence-corrected chi connectivity index (χ2v) is 8.85. The Balaban J connectivity index is 2.22. The second kappa shape index (κ2) is 10.5. The van der Waals surface area contributed by atoms with Crippen molar-refractivity contribution in [2.75, 3.05) is 6.61 Å². The van der Waals surface area contributed by atoms with E-state index in [1.807, 2.05) is 71.0 Å². The summed E-state index contributed by atoms with van der Waals surface area (Å²) in [5, 5.41) is 3.61. The predicted octanol–water partition coefficient (Wildman–Crippen LogP) is 4.75. The molecule has 0 aliphatic carbocycles. The van der Waals surface area contributed by atoms with Gasteiger partial charge in [0.15, 0.2) is 6.61 Å². The molecule has 0 unspecified atom stereocenters. The van der Waals surface area contributed by atoms with Gasteiger partial charge in [0.2, 0.25) is 5.91 Å². The van der Waals surface area contributed by atoms with E-state index < -0.39 is 11.6 Å². The number of rotatable bonds is 8. The topological polar surface area (TPSA) is 58.6 Å². The monoisotopic (exact) mass is 430 g/mol. The molecule has 2 aromatic rings. The van der Waals surface area contributed by atoms with E-state index in [0.717, 1.165) is 11.1 Å². The van der Waals surface area contributed by atoms with Crippen LogP contribution >= 0.6 is 11.6 Å². The average Bonchev–Trinajstić information content (AvgIpc) is 2.66. The third-order valence-corrected chi connectivity index (χ3v) is 4.75. The Labute approximate surface area is 184 Å². The quantitative estimate of drug-likeness (QED) is 0.657. The summed E-state index contributed by atoms with van der Waals surface area (Å²) >= 11 is 5.99. The van der Waals surface area contributed by atoms with E-state index in [1.54, 1.807) is 17.0 Å². The number of ether oxygens (including phenoxy) is 1. The molecule has 0 aliphatic heterocycles. The molecule has 0 saturated heterocycles. The van der Waals surface area contributed by atoms with Crippen molar-refractivity contribution in [1.29, 1.82) is 0 Å². The van der Waals surface area contributed by atoms with Crippen LogP contribution in [0.3, 0.4) is 0 Å². The Morgan fingerprint density at radius 2 is 1.80 bits per heavy atom. The summed E-state index contributed by atoms with van der Waals surface area (Å²) in [7, 11) is 0. The maximum Gasteiger partial charge on any atom is 0.261 e. The highest BCUT2D eigenvalue weighted by Gasteiger charge is 2.30. The van der Waals surface area contributed by atoms with Gasteiger partial charge in [-0.3, -0.25) is 9.59 Å². The molecule has 0 saturated carbocycles. The minimum Gasteiger partial charge on any atom is -0.484 e. The summed E-state index contributed by atoms with van der Waals surface area (Å²) in [6.07, 6.45) is 0.492. The predicted molar refractivity (Wildman–Crippen MR) is 121 cm³/mol. The van der Waals surface area contributed by atoms with Crippen molar-refractivity contribution >= 4 is 23.4 Å². The van der Waals surface area contributed by atoms with Crippen LogP contribution in [0.1, 0.15) is 45.2 Å². The van der Waals surface area contributed by atoms with Crippen molar-refractivity contribution in [1.82, 2.24) is 10.2 Å². The van der Waals surface area contributed by atoms with Gasteiger partial charge in [-0.15, -0.1) is 0 Å². The Morgan fingerprint density at radius 3 is 2.37 bits per heavy atom. The van der Waals surface area contributed by atoms with Crippen LogP contribution in [0.4, 0.5) is 0 Å². The molecular weight excluding hydrogens is 400 g/mol. The van der Waals surface area contributed by atoms with Crippen LogP contribution in [0.5, 0.6) is 5.75 Å². The van der Waals surface area contributed by atoms with Gasteiger partial charge in [0.1, 0.15) is 11.8 Å². The number of carbonyl (C=O) groups is 2. The van der Waals surface area contributed by atoms with Gasteiger partial charge in [-0.25, -0.2) is 0 Å². The summed E-state index contributed by atoms with van der Waals surface area (Å²) in [6, 6.07) is 14.2. The highest BCUT2D eigenvalue weighted by atomic mass is 35.5. The number of amides is 2. The molecule has 0 radical (unpaired) electrons. The van der Waals surface area contributed by atoms with E-state index in [-0.39, 0.29) is 18.4 Å². The van der Waals surface area contributed by atoms with Gasteiger partial charge in [-0.2, -0.15) is 0 Å². The van der Waals surface area contributed by atoms with Crippen molar-refractivity contribution in [2.24, 2.45) is 0 Å². The number of hydrogen-bond acceptors (Lipinski definition) is 3. The van der Waals surface area contributed by atoms with Crippen molar-refractivity contribution in [2.45, 2.75) is 59.2 Å². The number of halogens is 1. The highest BCUT2D eigenvalue weighted by Crippen LogP contribution is 2.17. The molecule has 162 valence electrons. The van der Waals surface area contributed by atoms with Gasteiger partial charge in [-0.1, -0.05) is 42.8 Å².